The highest BCUT2D eigenvalue weighted by molar-refractivity contribution is 7.93. The average Bonchev–Trinajstić information content (AvgIpc) is 2.87. The van der Waals surface area contributed by atoms with Crippen LogP contribution in [0.5, 0.6) is 11.5 Å². The van der Waals surface area contributed by atoms with E-state index < -0.39 is 22.5 Å². The predicted octanol–water partition coefficient (Wildman–Crippen LogP) is 4.97. The number of rotatable bonds is 10. The van der Waals surface area contributed by atoms with Crippen molar-refractivity contribution in [1.82, 2.24) is 0 Å². The van der Waals surface area contributed by atoms with Crippen LogP contribution in [0.3, 0.4) is 0 Å². The molecule has 3 aromatic carbocycles. The van der Waals surface area contributed by atoms with Crippen LogP contribution < -0.4 is 19.1 Å². The molecule has 1 amide bonds. The number of hydrogen-bond acceptors (Lipinski definition) is 5. The summed E-state index contributed by atoms with van der Waals surface area (Å²) >= 11 is 0. The van der Waals surface area contributed by atoms with Crippen LogP contribution in [0.4, 0.5) is 11.4 Å². The molecule has 8 heteroatoms. The van der Waals surface area contributed by atoms with E-state index in [0.717, 1.165) is 39.5 Å². The van der Waals surface area contributed by atoms with Crippen molar-refractivity contribution in [2.75, 3.05) is 30.4 Å². The van der Waals surface area contributed by atoms with Gasteiger partial charge in [0.25, 0.3) is 10.0 Å². The number of hydrogen-bond donors (Lipinski definition) is 1. The monoisotopic (exact) mass is 496 g/mol. The molecule has 0 radical (unpaired) electrons. The normalized spacial score (nSPS) is 11.1. The zero-order valence-electron chi connectivity index (χ0n) is 20.8. The molecule has 1 N–H and O–H groups in total. The fourth-order valence-corrected chi connectivity index (χ4v) is 5.54. The third-order valence-corrected chi connectivity index (χ3v) is 7.59. The van der Waals surface area contributed by atoms with Crippen molar-refractivity contribution in [2.45, 2.75) is 38.5 Å². The fraction of sp³-hybridized carbons (Fsp3) is 0.296. The van der Waals surface area contributed by atoms with Crippen LogP contribution in [-0.2, 0) is 27.7 Å². The molecule has 0 aliphatic heterocycles. The van der Waals surface area contributed by atoms with Crippen LogP contribution in [0.1, 0.15) is 30.5 Å². The first-order chi connectivity index (χ1) is 16.7. The Bertz CT molecular complexity index is 1270. The van der Waals surface area contributed by atoms with Gasteiger partial charge in [0.2, 0.25) is 5.91 Å². The van der Waals surface area contributed by atoms with Gasteiger partial charge in [-0.2, -0.15) is 0 Å². The van der Waals surface area contributed by atoms with E-state index in [1.807, 2.05) is 32.0 Å². The fourth-order valence-electron chi connectivity index (χ4n) is 3.88. The van der Waals surface area contributed by atoms with Crippen LogP contribution in [0.15, 0.2) is 65.6 Å². The Morgan fingerprint density at radius 3 is 2.09 bits per heavy atom. The third-order valence-electron chi connectivity index (χ3n) is 5.80. The molecule has 186 valence electrons. The SMILES string of the molecule is CCc1cccc(CC)c1NC(=O)CN(c1ccc(OC)cc1)S(=O)(=O)c1cc(C)ccc1OC. The number of sulfonamides is 1. The number of carbonyl (C=O) groups excluding carboxylic acids is 1. The Kier molecular flexibility index (Phi) is 8.40. The number of amides is 1. The number of ether oxygens (including phenoxy) is 2. The smallest absolute Gasteiger partial charge is 0.268 e. The third kappa shape index (κ3) is 5.77. The Labute approximate surface area is 207 Å². The number of nitrogens with zero attached hydrogens (tertiary/aromatic N) is 1. The summed E-state index contributed by atoms with van der Waals surface area (Å²) in [4.78, 5) is 13.3. The van der Waals surface area contributed by atoms with Gasteiger partial charge in [0.1, 0.15) is 22.9 Å². The van der Waals surface area contributed by atoms with Crippen LogP contribution in [0.25, 0.3) is 0 Å². The minimum Gasteiger partial charge on any atom is -0.497 e. The van der Waals surface area contributed by atoms with Crippen molar-refractivity contribution in [1.29, 1.82) is 0 Å². The molecule has 7 nitrogen and oxygen atoms in total. The molecule has 0 fully saturated rings. The number of aryl methyl sites for hydroxylation is 3. The number of anilines is 2. The summed E-state index contributed by atoms with van der Waals surface area (Å²) in [5.41, 5.74) is 3.83. The molecule has 0 aliphatic rings. The molecule has 0 bridgehead atoms. The summed E-state index contributed by atoms with van der Waals surface area (Å²) in [5.74, 6) is 0.346. The number of benzene rings is 3. The molecule has 0 spiro atoms. The molecular formula is C27H32N2O5S. The molecule has 0 aromatic heterocycles. The maximum Gasteiger partial charge on any atom is 0.268 e. The summed E-state index contributed by atoms with van der Waals surface area (Å²) in [5, 5.41) is 2.97. The van der Waals surface area contributed by atoms with Gasteiger partial charge >= 0.3 is 0 Å². The topological polar surface area (TPSA) is 84.9 Å². The molecular weight excluding hydrogens is 464 g/mol. The van der Waals surface area contributed by atoms with Crippen LogP contribution in [0.2, 0.25) is 0 Å². The van der Waals surface area contributed by atoms with Crippen molar-refractivity contribution in [3.63, 3.8) is 0 Å². The largest absolute Gasteiger partial charge is 0.497 e. The number of para-hydroxylation sites is 1. The van der Waals surface area contributed by atoms with E-state index in [1.165, 1.54) is 14.2 Å². The minimum absolute atomic E-state index is 0.00757. The van der Waals surface area contributed by atoms with Gasteiger partial charge in [-0.05, 0) is 72.9 Å². The van der Waals surface area contributed by atoms with Gasteiger partial charge in [0.15, 0.2) is 0 Å². The molecule has 0 unspecified atom stereocenters. The highest BCUT2D eigenvalue weighted by Crippen LogP contribution is 2.32. The van der Waals surface area contributed by atoms with Gasteiger partial charge in [-0.3, -0.25) is 9.10 Å². The van der Waals surface area contributed by atoms with Gasteiger partial charge in [0.05, 0.1) is 19.9 Å². The Morgan fingerprint density at radius 2 is 1.54 bits per heavy atom. The molecule has 3 aromatic rings. The molecule has 3 rings (SSSR count). The standard InChI is InChI=1S/C27H32N2O5S/c1-6-20-9-8-10-21(7-2)27(20)28-26(30)18-29(22-12-14-23(33-4)15-13-22)35(31,32)25-17-19(3)11-16-24(25)34-5/h8-17H,6-7,18H2,1-5H3,(H,28,30). The van der Waals surface area contributed by atoms with Gasteiger partial charge in [0, 0.05) is 5.69 Å². The zero-order chi connectivity index (χ0) is 25.6. The summed E-state index contributed by atoms with van der Waals surface area (Å²) in [6.07, 6.45) is 1.48. The van der Waals surface area contributed by atoms with E-state index in [-0.39, 0.29) is 10.6 Å². The van der Waals surface area contributed by atoms with E-state index >= 15 is 0 Å². The Balaban J connectivity index is 2.05. The molecule has 35 heavy (non-hydrogen) atoms. The van der Waals surface area contributed by atoms with Crippen molar-refractivity contribution in [3.8, 4) is 11.5 Å². The number of methoxy groups -OCH3 is 2. The van der Waals surface area contributed by atoms with Crippen molar-refractivity contribution in [2.24, 2.45) is 0 Å². The van der Waals surface area contributed by atoms with Gasteiger partial charge < -0.3 is 14.8 Å². The second-order valence-corrected chi connectivity index (χ2v) is 9.90. The maximum atomic E-state index is 13.9. The second kappa shape index (κ2) is 11.3. The van der Waals surface area contributed by atoms with E-state index in [1.54, 1.807) is 49.4 Å². The molecule has 0 atom stereocenters. The highest BCUT2D eigenvalue weighted by Gasteiger charge is 2.30. The van der Waals surface area contributed by atoms with E-state index in [9.17, 15) is 13.2 Å². The highest BCUT2D eigenvalue weighted by atomic mass is 32.2. The predicted molar refractivity (Wildman–Crippen MR) is 139 cm³/mol. The van der Waals surface area contributed by atoms with Crippen molar-refractivity contribution in [3.05, 3.63) is 77.4 Å². The van der Waals surface area contributed by atoms with Crippen molar-refractivity contribution >= 4 is 27.3 Å². The molecule has 0 heterocycles. The summed E-state index contributed by atoms with van der Waals surface area (Å²) in [6.45, 7) is 5.43. The van der Waals surface area contributed by atoms with E-state index in [2.05, 4.69) is 5.32 Å². The summed E-state index contributed by atoms with van der Waals surface area (Å²) in [7, 11) is -1.20. The second-order valence-electron chi connectivity index (χ2n) is 8.07. The van der Waals surface area contributed by atoms with Gasteiger partial charge in [-0.1, -0.05) is 38.1 Å². The van der Waals surface area contributed by atoms with Crippen LogP contribution >= 0.6 is 0 Å². The molecule has 0 saturated heterocycles. The number of carbonyl (C=O) groups is 1. The quantitative estimate of drug-likeness (QED) is 0.428. The lowest BCUT2D eigenvalue weighted by Gasteiger charge is -2.26. The van der Waals surface area contributed by atoms with Crippen LogP contribution in [-0.4, -0.2) is 35.1 Å². The Hall–Kier alpha value is -3.52. The lowest BCUT2D eigenvalue weighted by molar-refractivity contribution is -0.114. The lowest BCUT2D eigenvalue weighted by Crippen LogP contribution is -2.38. The number of nitrogens with one attached hydrogen (secondary N) is 1. The van der Waals surface area contributed by atoms with Gasteiger partial charge in [-0.25, -0.2) is 8.42 Å². The lowest BCUT2D eigenvalue weighted by atomic mass is 10.0. The first-order valence-corrected chi connectivity index (χ1v) is 12.9. The minimum atomic E-state index is -4.15. The van der Waals surface area contributed by atoms with Crippen molar-refractivity contribution < 1.29 is 22.7 Å². The first-order valence-electron chi connectivity index (χ1n) is 11.5. The van der Waals surface area contributed by atoms with E-state index in [4.69, 9.17) is 9.47 Å². The first kappa shape index (κ1) is 26.1. The molecule has 0 aliphatic carbocycles. The van der Waals surface area contributed by atoms with Crippen LogP contribution in [0, 0.1) is 6.92 Å². The summed E-state index contributed by atoms with van der Waals surface area (Å²) < 4.78 is 39.4. The van der Waals surface area contributed by atoms with Gasteiger partial charge in [-0.15, -0.1) is 0 Å². The van der Waals surface area contributed by atoms with E-state index in [0.29, 0.717) is 11.4 Å². The zero-order valence-corrected chi connectivity index (χ0v) is 21.6. The maximum absolute atomic E-state index is 13.9. The average molecular weight is 497 g/mol. The summed E-state index contributed by atoms with van der Waals surface area (Å²) in [6, 6.07) is 17.4. The Morgan fingerprint density at radius 1 is 0.914 bits per heavy atom. The molecule has 0 saturated carbocycles.